The molecule has 7 heteroatoms. The molecule has 0 bridgehead atoms. The zero-order valence-corrected chi connectivity index (χ0v) is 12.1. The topological polar surface area (TPSA) is 63.4 Å². The zero-order chi connectivity index (χ0) is 15.6. The minimum Gasteiger partial charge on any atom is -0.326 e. The Morgan fingerprint density at radius 1 is 1.10 bits per heavy atom. The Balaban J connectivity index is 2.48. The first-order valence-corrected chi connectivity index (χ1v) is 7.53. The number of nitrogens with zero attached hydrogens (tertiary/aromatic N) is 1. The van der Waals surface area contributed by atoms with E-state index >= 15 is 0 Å². The van der Waals surface area contributed by atoms with Crippen LogP contribution in [0.25, 0.3) is 0 Å². The summed E-state index contributed by atoms with van der Waals surface area (Å²) >= 11 is 0. The largest absolute Gasteiger partial charge is 0.326 e. The molecule has 2 aromatic carbocycles. The smallest absolute Gasteiger partial charge is 0.266 e. The van der Waals surface area contributed by atoms with Crippen molar-refractivity contribution in [2.45, 2.75) is 11.4 Å². The average Bonchev–Trinajstić information content (AvgIpc) is 2.47. The third-order valence-corrected chi connectivity index (χ3v) is 4.86. The third-order valence-electron chi connectivity index (χ3n) is 3.06. The molecule has 0 spiro atoms. The predicted molar refractivity (Wildman–Crippen MR) is 76.3 cm³/mol. The van der Waals surface area contributed by atoms with Gasteiger partial charge in [-0.15, -0.1) is 0 Å². The monoisotopic (exact) mass is 312 g/mol. The summed E-state index contributed by atoms with van der Waals surface area (Å²) < 4.78 is 52.5. The Hall–Kier alpha value is -1.99. The van der Waals surface area contributed by atoms with Gasteiger partial charge in [0.15, 0.2) is 0 Å². The van der Waals surface area contributed by atoms with Gasteiger partial charge in [-0.25, -0.2) is 17.2 Å². The maximum Gasteiger partial charge on any atom is 0.266 e. The van der Waals surface area contributed by atoms with E-state index < -0.39 is 26.6 Å². The molecule has 0 atom stereocenters. The Kier molecular flexibility index (Phi) is 4.24. The maximum atomic E-state index is 13.8. The van der Waals surface area contributed by atoms with Gasteiger partial charge in [-0.3, -0.25) is 4.31 Å². The van der Waals surface area contributed by atoms with Crippen LogP contribution in [0, 0.1) is 11.6 Å². The second kappa shape index (κ2) is 5.79. The van der Waals surface area contributed by atoms with Crippen molar-refractivity contribution in [1.82, 2.24) is 0 Å². The van der Waals surface area contributed by atoms with Gasteiger partial charge >= 0.3 is 0 Å². The van der Waals surface area contributed by atoms with E-state index in [9.17, 15) is 17.2 Å². The number of halogens is 2. The van der Waals surface area contributed by atoms with Gasteiger partial charge in [-0.2, -0.15) is 0 Å². The first-order valence-electron chi connectivity index (χ1n) is 6.09. The van der Waals surface area contributed by atoms with Crippen molar-refractivity contribution in [3.63, 3.8) is 0 Å². The fourth-order valence-electron chi connectivity index (χ4n) is 1.81. The summed E-state index contributed by atoms with van der Waals surface area (Å²) in [5.41, 5.74) is 6.18. The standard InChI is InChI=1S/C14H14F2N2O2S/c1-18(12-5-3-11(15)4-6-12)21(19,20)14-8-10(9-17)2-7-13(14)16/h2-8H,9,17H2,1H3. The Labute approximate surface area is 121 Å². The molecule has 0 aliphatic rings. The molecular formula is C14H14F2N2O2S. The molecule has 0 amide bonds. The van der Waals surface area contributed by atoms with Crippen LogP contribution in [0.4, 0.5) is 14.5 Å². The lowest BCUT2D eigenvalue weighted by Gasteiger charge is -2.20. The van der Waals surface area contributed by atoms with Gasteiger partial charge < -0.3 is 5.73 Å². The van der Waals surface area contributed by atoms with E-state index in [-0.39, 0.29) is 12.2 Å². The number of anilines is 1. The molecule has 2 rings (SSSR count). The van der Waals surface area contributed by atoms with Gasteiger partial charge in [0.25, 0.3) is 10.0 Å². The van der Waals surface area contributed by atoms with Crippen molar-refractivity contribution < 1.29 is 17.2 Å². The van der Waals surface area contributed by atoms with Crippen molar-refractivity contribution in [1.29, 1.82) is 0 Å². The SMILES string of the molecule is CN(c1ccc(F)cc1)S(=O)(=O)c1cc(CN)ccc1F. The molecule has 0 aliphatic heterocycles. The molecule has 0 aromatic heterocycles. The lowest BCUT2D eigenvalue weighted by Crippen LogP contribution is -2.27. The summed E-state index contributed by atoms with van der Waals surface area (Å²) in [6.45, 7) is 0.100. The number of nitrogens with two attached hydrogens (primary N) is 1. The molecule has 0 radical (unpaired) electrons. The van der Waals surface area contributed by atoms with Crippen LogP contribution < -0.4 is 10.0 Å². The van der Waals surface area contributed by atoms with Crippen LogP contribution in [-0.2, 0) is 16.6 Å². The highest BCUT2D eigenvalue weighted by atomic mass is 32.2. The van der Waals surface area contributed by atoms with Crippen LogP contribution in [0.3, 0.4) is 0 Å². The first-order chi connectivity index (χ1) is 9.86. The van der Waals surface area contributed by atoms with Gasteiger partial charge in [-0.1, -0.05) is 6.07 Å². The van der Waals surface area contributed by atoms with Crippen LogP contribution in [0.15, 0.2) is 47.4 Å². The number of sulfonamides is 1. The fraction of sp³-hybridized carbons (Fsp3) is 0.143. The van der Waals surface area contributed by atoms with Crippen molar-refractivity contribution in [2.75, 3.05) is 11.4 Å². The molecule has 2 aromatic rings. The molecule has 21 heavy (non-hydrogen) atoms. The molecule has 112 valence electrons. The van der Waals surface area contributed by atoms with Crippen molar-refractivity contribution in [3.05, 3.63) is 59.7 Å². The van der Waals surface area contributed by atoms with Gasteiger partial charge in [0.1, 0.15) is 16.5 Å². The molecule has 0 saturated carbocycles. The summed E-state index contributed by atoms with van der Waals surface area (Å²) in [4.78, 5) is -0.461. The van der Waals surface area contributed by atoms with E-state index in [0.29, 0.717) is 5.56 Å². The number of rotatable bonds is 4. The Bertz CT molecular complexity index is 746. The van der Waals surface area contributed by atoms with Gasteiger partial charge in [-0.05, 0) is 42.0 Å². The average molecular weight is 312 g/mol. The Morgan fingerprint density at radius 2 is 1.71 bits per heavy atom. The van der Waals surface area contributed by atoms with Gasteiger partial charge in [0.05, 0.1) is 5.69 Å². The van der Waals surface area contributed by atoms with Crippen LogP contribution >= 0.6 is 0 Å². The van der Waals surface area contributed by atoms with E-state index in [1.54, 1.807) is 0 Å². The van der Waals surface area contributed by atoms with Crippen LogP contribution in [0.1, 0.15) is 5.56 Å². The summed E-state index contributed by atoms with van der Waals surface area (Å²) in [6.07, 6.45) is 0. The highest BCUT2D eigenvalue weighted by molar-refractivity contribution is 7.92. The van der Waals surface area contributed by atoms with E-state index in [2.05, 4.69) is 0 Å². The van der Waals surface area contributed by atoms with Gasteiger partial charge in [0, 0.05) is 13.6 Å². The maximum absolute atomic E-state index is 13.8. The van der Waals surface area contributed by atoms with Gasteiger partial charge in [0.2, 0.25) is 0 Å². The lowest BCUT2D eigenvalue weighted by molar-refractivity contribution is 0.565. The van der Waals surface area contributed by atoms with E-state index in [0.717, 1.165) is 22.5 Å². The van der Waals surface area contributed by atoms with Crippen LogP contribution in [-0.4, -0.2) is 15.5 Å². The molecule has 4 nitrogen and oxygen atoms in total. The Morgan fingerprint density at radius 3 is 2.29 bits per heavy atom. The summed E-state index contributed by atoms with van der Waals surface area (Å²) in [5.74, 6) is -1.35. The van der Waals surface area contributed by atoms with E-state index in [1.807, 2.05) is 0 Å². The van der Waals surface area contributed by atoms with Crippen LogP contribution in [0.2, 0.25) is 0 Å². The van der Waals surface area contributed by atoms with Crippen molar-refractivity contribution in [2.24, 2.45) is 5.73 Å². The highest BCUT2D eigenvalue weighted by Crippen LogP contribution is 2.24. The van der Waals surface area contributed by atoms with Crippen LogP contribution in [0.5, 0.6) is 0 Å². The minimum absolute atomic E-state index is 0.100. The fourth-order valence-corrected chi connectivity index (χ4v) is 3.12. The zero-order valence-electron chi connectivity index (χ0n) is 11.3. The lowest BCUT2D eigenvalue weighted by atomic mass is 10.2. The molecule has 2 N–H and O–H groups in total. The van der Waals surface area contributed by atoms with Crippen molar-refractivity contribution in [3.8, 4) is 0 Å². The molecule has 0 saturated heterocycles. The molecule has 0 unspecified atom stereocenters. The number of hydrogen-bond donors (Lipinski definition) is 1. The molecular weight excluding hydrogens is 298 g/mol. The second-order valence-corrected chi connectivity index (χ2v) is 6.36. The summed E-state index contributed by atoms with van der Waals surface area (Å²) in [5, 5.41) is 0. The van der Waals surface area contributed by atoms with E-state index in [1.165, 1.54) is 31.3 Å². The normalized spacial score (nSPS) is 11.4. The number of benzene rings is 2. The molecule has 0 fully saturated rings. The summed E-state index contributed by atoms with van der Waals surface area (Å²) in [6, 6.07) is 8.56. The minimum atomic E-state index is -4.09. The second-order valence-electron chi connectivity index (χ2n) is 4.42. The molecule has 0 heterocycles. The first kappa shape index (κ1) is 15.4. The number of hydrogen-bond acceptors (Lipinski definition) is 3. The molecule has 0 aliphatic carbocycles. The third kappa shape index (κ3) is 3.03. The predicted octanol–water partition coefficient (Wildman–Crippen LogP) is 2.25. The summed E-state index contributed by atoms with van der Waals surface area (Å²) in [7, 11) is -2.81. The van der Waals surface area contributed by atoms with Crippen molar-refractivity contribution >= 4 is 15.7 Å². The quantitative estimate of drug-likeness (QED) is 0.942. The van der Waals surface area contributed by atoms with E-state index in [4.69, 9.17) is 5.73 Å². The highest BCUT2D eigenvalue weighted by Gasteiger charge is 2.25.